The first-order chi connectivity index (χ1) is 1.73. The van der Waals surface area contributed by atoms with Gasteiger partial charge in [0.15, 0.2) is 0 Å². The van der Waals surface area contributed by atoms with Crippen molar-refractivity contribution < 1.29 is 74.0 Å². The Balaban J connectivity index is -0.0000000450. The van der Waals surface area contributed by atoms with Gasteiger partial charge in [-0.25, -0.2) is 0 Å². The number of nitrogens with zero attached hydrogens (tertiary/aromatic N) is 1. The molecular formula is H3CsN2O3. The Bertz CT molecular complexity index is 31.8. The van der Waals surface area contributed by atoms with E-state index in [4.69, 9.17) is 15.3 Å². The number of hydrogen-bond donors (Lipinski definition) is 1. The van der Waals surface area contributed by atoms with Gasteiger partial charge in [0.2, 0.25) is 0 Å². The van der Waals surface area contributed by atoms with E-state index in [0.717, 1.165) is 0 Å². The summed E-state index contributed by atoms with van der Waals surface area (Å²) in [4.78, 5) is 8.25. The smallest absolute Gasteiger partial charge is 0.356 e. The molecule has 5 nitrogen and oxygen atoms in total. The van der Waals surface area contributed by atoms with E-state index < -0.39 is 5.09 Å². The summed E-state index contributed by atoms with van der Waals surface area (Å²) in [6.45, 7) is 0. The van der Waals surface area contributed by atoms with Crippen LogP contribution in [0.25, 0.3) is 0 Å². The molecule has 6 heavy (non-hydrogen) atoms. The van der Waals surface area contributed by atoms with Crippen LogP contribution in [-0.4, -0.2) is 5.09 Å². The van der Waals surface area contributed by atoms with E-state index in [1.165, 1.54) is 0 Å². The SMILES string of the molecule is N.O=[N+]([O-])[O-].[Cs+]. The van der Waals surface area contributed by atoms with Gasteiger partial charge >= 0.3 is 68.9 Å². The van der Waals surface area contributed by atoms with Gasteiger partial charge in [0.25, 0.3) is 0 Å². The Labute approximate surface area is 93.2 Å². The first kappa shape index (κ1) is 15.7. The molecule has 0 amide bonds. The van der Waals surface area contributed by atoms with Crippen molar-refractivity contribution in [1.82, 2.24) is 6.15 Å². The standard InChI is InChI=1S/Cs.NO3.H3N/c;2-1(3)4;/h;;1H3/q+1;-1;. The molecule has 6 heteroatoms. The Morgan fingerprint density at radius 3 is 1.33 bits per heavy atom. The fraction of sp³-hybridized carbons (Fsp3) is 0. The van der Waals surface area contributed by atoms with Crippen LogP contribution in [0.2, 0.25) is 0 Å². The fourth-order valence-corrected chi connectivity index (χ4v) is 0. The van der Waals surface area contributed by atoms with E-state index in [9.17, 15) is 0 Å². The summed E-state index contributed by atoms with van der Waals surface area (Å²) in [5.74, 6) is 0. The average Bonchev–Trinajstić information content (AvgIpc) is 0.811. The minimum atomic E-state index is -1.75. The molecule has 0 aromatic rings. The summed E-state index contributed by atoms with van der Waals surface area (Å²) in [7, 11) is 0. The van der Waals surface area contributed by atoms with Crippen molar-refractivity contribution in [1.29, 1.82) is 0 Å². The summed E-state index contributed by atoms with van der Waals surface area (Å²) >= 11 is 0. The summed E-state index contributed by atoms with van der Waals surface area (Å²) in [5, 5.41) is 14.8. The molecular weight excluding hydrogens is 209 g/mol. The van der Waals surface area contributed by atoms with Crippen molar-refractivity contribution in [2.45, 2.75) is 0 Å². The molecule has 0 rings (SSSR count). The van der Waals surface area contributed by atoms with Gasteiger partial charge in [-0.15, -0.1) is 0 Å². The van der Waals surface area contributed by atoms with E-state index in [1.54, 1.807) is 0 Å². The van der Waals surface area contributed by atoms with Crippen molar-refractivity contribution in [3.05, 3.63) is 15.3 Å². The third kappa shape index (κ3) is 63.0. The first-order valence-electron chi connectivity index (χ1n) is 0.548. The fourth-order valence-electron chi connectivity index (χ4n) is 0. The molecule has 0 bridgehead atoms. The van der Waals surface area contributed by atoms with Crippen molar-refractivity contribution in [3.63, 3.8) is 0 Å². The topological polar surface area (TPSA) is 101 Å². The number of hydrogen-bond acceptors (Lipinski definition) is 4. The Hall–Kier alpha value is 1.21. The molecule has 0 saturated heterocycles. The van der Waals surface area contributed by atoms with Gasteiger partial charge in [0, 0.05) is 0 Å². The zero-order valence-electron chi connectivity index (χ0n) is 3.38. The van der Waals surface area contributed by atoms with E-state index in [1.807, 2.05) is 0 Å². The minimum absolute atomic E-state index is 0. The van der Waals surface area contributed by atoms with Gasteiger partial charge in [0.1, 0.15) is 0 Å². The second-order valence-electron chi connectivity index (χ2n) is 0.224. The summed E-state index contributed by atoms with van der Waals surface area (Å²) in [6.07, 6.45) is 0. The quantitative estimate of drug-likeness (QED) is 0.340. The molecule has 0 aliphatic heterocycles. The van der Waals surface area contributed by atoms with Gasteiger partial charge in [0.05, 0.1) is 5.09 Å². The van der Waals surface area contributed by atoms with E-state index in [0.29, 0.717) is 0 Å². The zero-order chi connectivity index (χ0) is 3.58. The van der Waals surface area contributed by atoms with Crippen molar-refractivity contribution in [2.24, 2.45) is 0 Å². The minimum Gasteiger partial charge on any atom is -0.356 e. The van der Waals surface area contributed by atoms with Crippen LogP contribution < -0.4 is 75.0 Å². The molecule has 0 aromatic carbocycles. The van der Waals surface area contributed by atoms with Crippen molar-refractivity contribution in [3.8, 4) is 0 Å². The molecule has 0 aliphatic carbocycles. The maximum Gasteiger partial charge on any atom is 1.00 e. The van der Waals surface area contributed by atoms with E-state index in [2.05, 4.69) is 0 Å². The zero-order valence-corrected chi connectivity index (χ0v) is 9.66. The van der Waals surface area contributed by atoms with Crippen LogP contribution in [0.4, 0.5) is 0 Å². The molecule has 0 fully saturated rings. The first-order valence-corrected chi connectivity index (χ1v) is 0.548. The van der Waals surface area contributed by atoms with E-state index in [-0.39, 0.29) is 75.0 Å². The van der Waals surface area contributed by atoms with Gasteiger partial charge in [-0.1, -0.05) is 0 Å². The second kappa shape index (κ2) is 9.51. The van der Waals surface area contributed by atoms with Gasteiger partial charge in [-0.3, -0.25) is 0 Å². The molecule has 0 radical (unpaired) electrons. The monoisotopic (exact) mass is 212 g/mol. The maximum atomic E-state index is 8.25. The molecule has 0 unspecified atom stereocenters. The molecule has 0 spiro atoms. The van der Waals surface area contributed by atoms with Crippen LogP contribution in [0, 0.1) is 15.3 Å². The largest absolute Gasteiger partial charge is 1.00 e. The molecule has 0 aliphatic rings. The summed E-state index contributed by atoms with van der Waals surface area (Å²) < 4.78 is 0. The third-order valence-electron chi connectivity index (χ3n) is 0. The van der Waals surface area contributed by atoms with Crippen LogP contribution in [0.3, 0.4) is 0 Å². The van der Waals surface area contributed by atoms with Crippen LogP contribution in [-0.2, 0) is 0 Å². The van der Waals surface area contributed by atoms with Crippen LogP contribution in [0.1, 0.15) is 0 Å². The predicted octanol–water partition coefficient (Wildman–Crippen LogP) is -3.07. The molecule has 0 aromatic heterocycles. The second-order valence-corrected chi connectivity index (χ2v) is 0.224. The third-order valence-corrected chi connectivity index (χ3v) is 0. The molecule has 0 saturated carbocycles. The Morgan fingerprint density at radius 2 is 1.33 bits per heavy atom. The van der Waals surface area contributed by atoms with E-state index >= 15 is 0 Å². The molecule has 0 atom stereocenters. The molecule has 3 N–H and O–H groups in total. The predicted molar refractivity (Wildman–Crippen MR) is 15.4 cm³/mol. The maximum absolute atomic E-state index is 8.25. The Morgan fingerprint density at radius 1 is 1.33 bits per heavy atom. The van der Waals surface area contributed by atoms with Crippen molar-refractivity contribution >= 4 is 0 Å². The van der Waals surface area contributed by atoms with Gasteiger partial charge < -0.3 is 21.5 Å². The van der Waals surface area contributed by atoms with Crippen LogP contribution in [0.5, 0.6) is 0 Å². The van der Waals surface area contributed by atoms with Gasteiger partial charge in [-0.2, -0.15) is 0 Å². The normalized spacial score (nSPS) is 4.00. The Kier molecular flexibility index (Phi) is 24.9. The van der Waals surface area contributed by atoms with Crippen molar-refractivity contribution in [2.75, 3.05) is 0 Å². The average molecular weight is 212 g/mol. The van der Waals surface area contributed by atoms with Crippen LogP contribution in [0.15, 0.2) is 0 Å². The van der Waals surface area contributed by atoms with Gasteiger partial charge in [-0.05, 0) is 0 Å². The summed E-state index contributed by atoms with van der Waals surface area (Å²) in [5.41, 5.74) is 0. The van der Waals surface area contributed by atoms with Crippen LogP contribution >= 0.6 is 0 Å². The summed E-state index contributed by atoms with van der Waals surface area (Å²) in [6, 6.07) is 0. The number of rotatable bonds is 0. The molecule has 0 heterocycles. The molecule has 32 valence electrons.